The summed E-state index contributed by atoms with van der Waals surface area (Å²) < 4.78 is 11.5. The molecule has 4 heterocycles. The Labute approximate surface area is 255 Å². The number of ether oxygens (including phenoxy) is 2. The molecule has 230 valence electrons. The minimum Gasteiger partial charge on any atom is -0.481 e. The van der Waals surface area contributed by atoms with Gasteiger partial charge >= 0.3 is 5.97 Å². The summed E-state index contributed by atoms with van der Waals surface area (Å²) in [5.41, 5.74) is 7.32. The number of carboxylic acid groups (broad SMARTS) is 1. The van der Waals surface area contributed by atoms with Crippen molar-refractivity contribution in [2.75, 3.05) is 36.5 Å². The highest BCUT2D eigenvalue weighted by Gasteiger charge is 2.36. The lowest BCUT2D eigenvalue weighted by Crippen LogP contribution is -2.39. The Morgan fingerprint density at radius 2 is 1.72 bits per heavy atom. The molecule has 0 radical (unpaired) electrons. The van der Waals surface area contributed by atoms with Crippen LogP contribution in [0.25, 0.3) is 11.1 Å². The van der Waals surface area contributed by atoms with Gasteiger partial charge < -0.3 is 24.4 Å². The third-order valence-corrected chi connectivity index (χ3v) is 8.59. The van der Waals surface area contributed by atoms with Gasteiger partial charge in [-0.05, 0) is 76.0 Å². The number of hydrogen-bond donors (Lipinski definition) is 1. The number of anilines is 2. The first-order chi connectivity index (χ1) is 20.3. The van der Waals surface area contributed by atoms with Crippen molar-refractivity contribution in [1.82, 2.24) is 15.0 Å². The van der Waals surface area contributed by atoms with Crippen LogP contribution in [-0.2, 0) is 22.5 Å². The number of pyridine rings is 1. The van der Waals surface area contributed by atoms with Crippen molar-refractivity contribution in [2.45, 2.75) is 86.0 Å². The van der Waals surface area contributed by atoms with Gasteiger partial charge in [0.1, 0.15) is 0 Å². The Balaban J connectivity index is 1.60. The first kappa shape index (κ1) is 30.7. The maximum absolute atomic E-state index is 12.8. The predicted molar refractivity (Wildman–Crippen MR) is 169 cm³/mol. The Hall–Kier alpha value is -3.72. The molecule has 1 saturated heterocycles. The summed E-state index contributed by atoms with van der Waals surface area (Å²) in [6.45, 7) is 17.4. The summed E-state index contributed by atoms with van der Waals surface area (Å²) >= 11 is 0. The average Bonchev–Trinajstić information content (AvgIpc) is 2.95. The van der Waals surface area contributed by atoms with Crippen LogP contribution in [0.15, 0.2) is 30.5 Å². The van der Waals surface area contributed by atoms with E-state index < -0.39 is 17.7 Å². The number of piperidine rings is 1. The van der Waals surface area contributed by atoms with Crippen LogP contribution in [0.4, 0.5) is 11.6 Å². The van der Waals surface area contributed by atoms with Gasteiger partial charge in [-0.25, -0.2) is 9.78 Å². The Morgan fingerprint density at radius 1 is 1.00 bits per heavy atom. The molecular formula is C34H45N5O4. The molecule has 9 nitrogen and oxygen atoms in total. The van der Waals surface area contributed by atoms with Crippen LogP contribution >= 0.6 is 0 Å². The summed E-state index contributed by atoms with van der Waals surface area (Å²) in [6, 6.07) is 8.34. The number of carboxylic acids is 1. The lowest BCUT2D eigenvalue weighted by Gasteiger charge is -2.41. The van der Waals surface area contributed by atoms with E-state index in [1.807, 2.05) is 34.6 Å². The van der Waals surface area contributed by atoms with Crippen molar-refractivity contribution in [3.8, 4) is 17.0 Å². The van der Waals surface area contributed by atoms with Gasteiger partial charge in [0.15, 0.2) is 6.10 Å². The Kier molecular flexibility index (Phi) is 8.40. The highest BCUT2D eigenvalue weighted by atomic mass is 16.5. The first-order valence-electron chi connectivity index (χ1n) is 15.2. The number of fused-ring (bicyclic) bond motifs is 1. The molecule has 1 aromatic carbocycles. The molecular weight excluding hydrogens is 542 g/mol. The van der Waals surface area contributed by atoms with Crippen molar-refractivity contribution >= 4 is 17.6 Å². The van der Waals surface area contributed by atoms with Gasteiger partial charge in [0, 0.05) is 61.0 Å². The molecule has 2 aromatic heterocycles. The fourth-order valence-electron chi connectivity index (χ4n) is 6.23. The first-order valence-corrected chi connectivity index (χ1v) is 15.2. The summed E-state index contributed by atoms with van der Waals surface area (Å²) in [7, 11) is 1.61. The SMILES string of the molecule is COc1ccnc(N2CCc3cc(-c4c(C)nc(C)c([C@H](OC(C)(C)C)C(=O)O)c4N4CCC(C)(C)CC4)ccc3C2)n1. The van der Waals surface area contributed by atoms with E-state index in [0.717, 1.165) is 61.4 Å². The normalized spacial score (nSPS) is 17.4. The lowest BCUT2D eigenvalue weighted by molar-refractivity contribution is -0.160. The van der Waals surface area contributed by atoms with Gasteiger partial charge in [-0.15, -0.1) is 0 Å². The van der Waals surface area contributed by atoms with E-state index in [0.29, 0.717) is 29.6 Å². The van der Waals surface area contributed by atoms with E-state index in [9.17, 15) is 9.90 Å². The Morgan fingerprint density at radius 3 is 2.37 bits per heavy atom. The molecule has 0 unspecified atom stereocenters. The van der Waals surface area contributed by atoms with Crippen molar-refractivity contribution < 1.29 is 19.4 Å². The fraction of sp³-hybridized carbons (Fsp3) is 0.529. The van der Waals surface area contributed by atoms with Gasteiger partial charge in [0.05, 0.1) is 18.4 Å². The van der Waals surface area contributed by atoms with E-state index >= 15 is 0 Å². The number of aryl methyl sites for hydroxylation is 2. The number of rotatable bonds is 7. The topological polar surface area (TPSA) is 101 Å². The molecule has 0 bridgehead atoms. The van der Waals surface area contributed by atoms with Crippen LogP contribution in [0, 0.1) is 19.3 Å². The van der Waals surface area contributed by atoms with Crippen LogP contribution in [0.2, 0.25) is 0 Å². The quantitative estimate of drug-likeness (QED) is 0.342. The minimum absolute atomic E-state index is 0.242. The molecule has 0 saturated carbocycles. The molecule has 1 atom stereocenters. The zero-order chi connectivity index (χ0) is 31.1. The van der Waals surface area contributed by atoms with Crippen LogP contribution in [-0.4, -0.2) is 58.4 Å². The standard InChI is InChI=1S/C34H45N5O4/c1-21-27(24-9-10-25-20-39(16-12-23(25)19-24)32-35-15-11-26(37-32)42-8)29(38-17-13-34(6,7)14-18-38)28(22(2)36-21)30(31(40)41)43-33(3,4)5/h9-11,15,19,30H,12-14,16-18,20H2,1-8H3,(H,40,41)/t30-/m0/s1. The maximum Gasteiger partial charge on any atom is 0.337 e. The van der Waals surface area contributed by atoms with Crippen LogP contribution < -0.4 is 14.5 Å². The molecule has 2 aliphatic heterocycles. The van der Waals surface area contributed by atoms with E-state index in [1.165, 1.54) is 11.1 Å². The van der Waals surface area contributed by atoms with E-state index in [2.05, 4.69) is 51.8 Å². The third-order valence-electron chi connectivity index (χ3n) is 8.59. The summed E-state index contributed by atoms with van der Waals surface area (Å²) in [4.78, 5) is 31.3. The van der Waals surface area contributed by atoms with E-state index in [-0.39, 0.29) is 5.41 Å². The molecule has 0 aliphatic carbocycles. The number of nitrogens with zero attached hydrogens (tertiary/aromatic N) is 5. The predicted octanol–water partition coefficient (Wildman–Crippen LogP) is 6.29. The molecule has 1 fully saturated rings. The largest absolute Gasteiger partial charge is 0.481 e. The lowest BCUT2D eigenvalue weighted by atomic mass is 9.81. The summed E-state index contributed by atoms with van der Waals surface area (Å²) in [5.74, 6) is 0.206. The van der Waals surface area contributed by atoms with Crippen LogP contribution in [0.1, 0.15) is 81.6 Å². The van der Waals surface area contributed by atoms with Gasteiger partial charge in [-0.3, -0.25) is 4.98 Å². The minimum atomic E-state index is -1.13. The third kappa shape index (κ3) is 6.61. The molecule has 2 aliphatic rings. The highest BCUT2D eigenvalue weighted by Crippen LogP contribution is 2.45. The van der Waals surface area contributed by atoms with Gasteiger partial charge in [-0.2, -0.15) is 4.98 Å². The second-order valence-corrected chi connectivity index (χ2v) is 13.6. The molecule has 43 heavy (non-hydrogen) atoms. The smallest absolute Gasteiger partial charge is 0.337 e. The second kappa shape index (κ2) is 11.8. The molecule has 0 spiro atoms. The number of aromatic nitrogens is 3. The number of benzene rings is 1. The number of hydrogen-bond acceptors (Lipinski definition) is 8. The fourth-order valence-corrected chi connectivity index (χ4v) is 6.23. The second-order valence-electron chi connectivity index (χ2n) is 13.6. The van der Waals surface area contributed by atoms with Gasteiger partial charge in [0.25, 0.3) is 0 Å². The van der Waals surface area contributed by atoms with Crippen LogP contribution in [0.5, 0.6) is 5.88 Å². The van der Waals surface area contributed by atoms with E-state index in [1.54, 1.807) is 19.4 Å². The van der Waals surface area contributed by atoms with E-state index in [4.69, 9.17) is 14.5 Å². The number of aliphatic carboxylic acids is 1. The van der Waals surface area contributed by atoms with Crippen molar-refractivity contribution in [2.24, 2.45) is 5.41 Å². The monoisotopic (exact) mass is 587 g/mol. The number of methoxy groups -OCH3 is 1. The zero-order valence-corrected chi connectivity index (χ0v) is 26.8. The molecule has 0 amide bonds. The zero-order valence-electron chi connectivity index (χ0n) is 26.8. The van der Waals surface area contributed by atoms with Crippen molar-refractivity contribution in [3.63, 3.8) is 0 Å². The van der Waals surface area contributed by atoms with Crippen LogP contribution in [0.3, 0.4) is 0 Å². The maximum atomic E-state index is 12.8. The molecule has 9 heteroatoms. The molecule has 1 N–H and O–H groups in total. The average molecular weight is 588 g/mol. The van der Waals surface area contributed by atoms with Crippen molar-refractivity contribution in [3.05, 3.63) is 58.5 Å². The highest BCUT2D eigenvalue weighted by molar-refractivity contribution is 5.88. The number of carbonyl (C=O) groups is 1. The summed E-state index contributed by atoms with van der Waals surface area (Å²) in [6.07, 6.45) is 3.48. The van der Waals surface area contributed by atoms with Crippen molar-refractivity contribution in [1.29, 1.82) is 0 Å². The molecule has 3 aromatic rings. The van der Waals surface area contributed by atoms with Gasteiger partial charge in [0.2, 0.25) is 11.8 Å². The van der Waals surface area contributed by atoms with Gasteiger partial charge in [-0.1, -0.05) is 32.0 Å². The summed E-state index contributed by atoms with van der Waals surface area (Å²) in [5, 5.41) is 10.5. The molecule has 5 rings (SSSR count). The Bertz CT molecular complexity index is 1500.